The fraction of sp³-hybridized carbons (Fsp3) is 0.455. The van der Waals surface area contributed by atoms with Gasteiger partial charge in [0.15, 0.2) is 0 Å². The zero-order valence-electron chi connectivity index (χ0n) is 9.04. The molecule has 0 bridgehead atoms. The molecule has 0 aliphatic heterocycles. The Morgan fingerprint density at radius 2 is 2.18 bits per heavy atom. The van der Waals surface area contributed by atoms with Crippen LogP contribution in [0.25, 0.3) is 0 Å². The number of hydrogen-bond donors (Lipinski definition) is 3. The number of halogens is 1. The van der Waals surface area contributed by atoms with Crippen LogP contribution >= 0.6 is 11.6 Å². The lowest BCUT2D eigenvalue weighted by atomic mass is 9.80. The van der Waals surface area contributed by atoms with Crippen molar-refractivity contribution in [1.29, 1.82) is 0 Å². The van der Waals surface area contributed by atoms with Gasteiger partial charge in [-0.1, -0.05) is 23.8 Å². The van der Waals surface area contributed by atoms with Gasteiger partial charge < -0.3 is 15.9 Å². The van der Waals surface area contributed by atoms with Gasteiger partial charge in [0, 0.05) is 11.0 Å². The molecule has 5 nitrogen and oxygen atoms in total. The lowest BCUT2D eigenvalue weighted by Gasteiger charge is -2.27. The van der Waals surface area contributed by atoms with E-state index in [0.29, 0.717) is 11.5 Å². The van der Waals surface area contributed by atoms with Crippen molar-refractivity contribution in [3.63, 3.8) is 0 Å². The van der Waals surface area contributed by atoms with Crippen molar-refractivity contribution in [1.82, 2.24) is 0 Å². The highest BCUT2D eigenvalue weighted by molar-refractivity contribution is 6.31. The molecule has 3 atom stereocenters. The van der Waals surface area contributed by atoms with Crippen LogP contribution in [0.3, 0.4) is 0 Å². The van der Waals surface area contributed by atoms with Crippen molar-refractivity contribution in [2.24, 2.45) is 17.6 Å². The Balaban J connectivity index is 2.80. The van der Waals surface area contributed by atoms with E-state index in [1.165, 1.54) is 0 Å². The molecule has 0 aromatic carbocycles. The van der Waals surface area contributed by atoms with Gasteiger partial charge in [-0.25, -0.2) is 0 Å². The van der Waals surface area contributed by atoms with Crippen LogP contribution in [0.15, 0.2) is 23.3 Å². The molecule has 94 valence electrons. The van der Waals surface area contributed by atoms with Crippen LogP contribution in [0.1, 0.15) is 12.8 Å². The summed E-state index contributed by atoms with van der Waals surface area (Å²) in [6, 6.07) is -1.19. The quantitative estimate of drug-likeness (QED) is 0.688. The monoisotopic (exact) mass is 259 g/mol. The van der Waals surface area contributed by atoms with Crippen LogP contribution in [0.4, 0.5) is 0 Å². The Bertz CT molecular complexity index is 378. The molecule has 1 rings (SSSR count). The highest BCUT2D eigenvalue weighted by Gasteiger charge is 2.32. The van der Waals surface area contributed by atoms with Crippen molar-refractivity contribution >= 4 is 23.5 Å². The maximum absolute atomic E-state index is 10.8. The van der Waals surface area contributed by atoms with E-state index in [2.05, 4.69) is 0 Å². The number of carboxylic acid groups (broad SMARTS) is 2. The van der Waals surface area contributed by atoms with Crippen molar-refractivity contribution in [3.05, 3.63) is 23.3 Å². The van der Waals surface area contributed by atoms with Crippen LogP contribution in [-0.2, 0) is 9.59 Å². The van der Waals surface area contributed by atoms with E-state index in [0.717, 1.165) is 0 Å². The lowest BCUT2D eigenvalue weighted by molar-refractivity contribution is -0.142. The zero-order chi connectivity index (χ0) is 13.0. The van der Waals surface area contributed by atoms with E-state index in [9.17, 15) is 9.59 Å². The molecule has 6 heteroatoms. The minimum atomic E-state index is -1.19. The zero-order valence-corrected chi connectivity index (χ0v) is 9.80. The summed E-state index contributed by atoms with van der Waals surface area (Å²) in [5.41, 5.74) is 5.52. The Morgan fingerprint density at radius 3 is 2.59 bits per heavy atom. The Kier molecular flexibility index (Phi) is 4.72. The molecule has 0 fully saturated rings. The first-order chi connectivity index (χ1) is 7.91. The summed E-state index contributed by atoms with van der Waals surface area (Å²) in [6.45, 7) is 0. The third-order valence-electron chi connectivity index (χ3n) is 2.79. The minimum absolute atomic E-state index is 0.209. The van der Waals surface area contributed by atoms with Gasteiger partial charge in [-0.2, -0.15) is 0 Å². The second-order valence-electron chi connectivity index (χ2n) is 3.97. The van der Waals surface area contributed by atoms with E-state index in [1.807, 2.05) is 0 Å². The second kappa shape index (κ2) is 5.84. The van der Waals surface area contributed by atoms with Crippen LogP contribution in [0.5, 0.6) is 0 Å². The molecule has 0 spiro atoms. The summed E-state index contributed by atoms with van der Waals surface area (Å²) >= 11 is 5.74. The molecular weight excluding hydrogens is 246 g/mol. The van der Waals surface area contributed by atoms with Crippen molar-refractivity contribution in [3.8, 4) is 0 Å². The Labute approximate surface area is 104 Å². The number of carboxylic acids is 2. The number of allylic oxidation sites excluding steroid dienone is 4. The molecule has 0 aromatic rings. The first-order valence-electron chi connectivity index (χ1n) is 5.16. The predicted octanol–water partition coefficient (Wildman–Crippen LogP) is 1.19. The molecule has 1 aliphatic rings. The third kappa shape index (κ3) is 3.87. The van der Waals surface area contributed by atoms with Gasteiger partial charge in [-0.15, -0.1) is 0 Å². The lowest BCUT2D eigenvalue weighted by Crippen LogP contribution is -2.42. The van der Waals surface area contributed by atoms with Crippen LogP contribution in [0.2, 0.25) is 0 Å². The first kappa shape index (κ1) is 13.7. The van der Waals surface area contributed by atoms with Gasteiger partial charge in [-0.05, 0) is 18.4 Å². The molecule has 1 aliphatic carbocycles. The number of rotatable bonds is 5. The van der Waals surface area contributed by atoms with Crippen LogP contribution < -0.4 is 5.73 Å². The maximum Gasteiger partial charge on any atom is 0.320 e. The first-order valence-corrected chi connectivity index (χ1v) is 5.53. The van der Waals surface area contributed by atoms with Gasteiger partial charge in [0.1, 0.15) is 6.04 Å². The summed E-state index contributed by atoms with van der Waals surface area (Å²) in [4.78, 5) is 21.6. The van der Waals surface area contributed by atoms with E-state index >= 15 is 0 Å². The van der Waals surface area contributed by atoms with Crippen LogP contribution in [0, 0.1) is 11.8 Å². The smallest absolute Gasteiger partial charge is 0.320 e. The van der Waals surface area contributed by atoms with Gasteiger partial charge in [0.2, 0.25) is 0 Å². The predicted molar refractivity (Wildman–Crippen MR) is 62.5 cm³/mol. The number of hydrogen-bond acceptors (Lipinski definition) is 3. The maximum atomic E-state index is 10.8. The summed E-state index contributed by atoms with van der Waals surface area (Å²) in [5, 5.41) is 18.2. The molecule has 0 radical (unpaired) electrons. The number of aliphatic carboxylic acids is 2. The van der Waals surface area contributed by atoms with Crippen molar-refractivity contribution in [2.75, 3.05) is 0 Å². The minimum Gasteiger partial charge on any atom is -0.481 e. The van der Waals surface area contributed by atoms with Gasteiger partial charge in [-0.3, -0.25) is 9.59 Å². The highest BCUT2D eigenvalue weighted by Crippen LogP contribution is 2.29. The topological polar surface area (TPSA) is 101 Å². The van der Waals surface area contributed by atoms with E-state index in [-0.39, 0.29) is 12.3 Å². The average Bonchev–Trinajstić information content (AvgIpc) is 2.26. The highest BCUT2D eigenvalue weighted by atomic mass is 35.5. The number of carbonyl (C=O) groups is 2. The average molecular weight is 260 g/mol. The van der Waals surface area contributed by atoms with Gasteiger partial charge in [0.25, 0.3) is 0 Å². The molecule has 0 aromatic heterocycles. The molecule has 0 amide bonds. The van der Waals surface area contributed by atoms with Crippen LogP contribution in [-0.4, -0.2) is 28.2 Å². The molecule has 0 heterocycles. The van der Waals surface area contributed by atoms with E-state index in [1.54, 1.807) is 18.2 Å². The fourth-order valence-electron chi connectivity index (χ4n) is 1.86. The summed E-state index contributed by atoms with van der Waals surface area (Å²) < 4.78 is 0. The van der Waals surface area contributed by atoms with Crippen molar-refractivity contribution in [2.45, 2.75) is 18.9 Å². The normalized spacial score (nSPS) is 22.7. The largest absolute Gasteiger partial charge is 0.481 e. The summed E-state index contributed by atoms with van der Waals surface area (Å²) in [7, 11) is 0. The Morgan fingerprint density at radius 1 is 1.53 bits per heavy atom. The fourth-order valence-corrected chi connectivity index (χ4v) is 2.02. The second-order valence-corrected chi connectivity index (χ2v) is 4.41. The molecule has 0 saturated heterocycles. The third-order valence-corrected chi connectivity index (χ3v) is 3.07. The molecular formula is C11H14ClNO4. The van der Waals surface area contributed by atoms with E-state index < -0.39 is 23.9 Å². The van der Waals surface area contributed by atoms with Gasteiger partial charge >= 0.3 is 11.9 Å². The molecule has 3 unspecified atom stereocenters. The standard InChI is InChI=1S/C11H14ClNO4/c12-7-3-1-6(2-4-7)8(5-9(14)15)10(13)11(16)17/h1,3-4,6,8,10H,2,5,13H2,(H,14,15)(H,16,17). The molecule has 4 N–H and O–H groups in total. The van der Waals surface area contributed by atoms with Crippen molar-refractivity contribution < 1.29 is 19.8 Å². The van der Waals surface area contributed by atoms with E-state index in [4.69, 9.17) is 27.5 Å². The molecule has 0 saturated carbocycles. The SMILES string of the molecule is NC(C(=O)O)C(CC(=O)O)C1C=CC(Cl)=CC1. The summed E-state index contributed by atoms with van der Waals surface area (Å²) in [6.07, 6.45) is 5.33. The molecule has 17 heavy (non-hydrogen) atoms. The van der Waals surface area contributed by atoms with Gasteiger partial charge in [0.05, 0.1) is 6.42 Å². The summed E-state index contributed by atoms with van der Waals surface area (Å²) in [5.74, 6) is -3.09. The Hall–Kier alpha value is -1.33. The number of nitrogens with two attached hydrogens (primary N) is 1.